The van der Waals surface area contributed by atoms with Gasteiger partial charge in [-0.25, -0.2) is 0 Å². The van der Waals surface area contributed by atoms with Crippen molar-refractivity contribution in [3.05, 3.63) is 0 Å². The SMILES string of the molecule is COC(=O)CC(CCCCCCCC(C)C)O[Si](C)(C)C. The third-order valence-electron chi connectivity index (χ3n) is 3.45. The Morgan fingerprint density at radius 1 is 0.952 bits per heavy atom. The van der Waals surface area contributed by atoms with Crippen molar-refractivity contribution in [1.29, 1.82) is 0 Å². The van der Waals surface area contributed by atoms with Crippen LogP contribution in [0.1, 0.15) is 65.2 Å². The van der Waals surface area contributed by atoms with Gasteiger partial charge in [0.05, 0.1) is 19.6 Å². The first kappa shape index (κ1) is 20.6. The van der Waals surface area contributed by atoms with E-state index >= 15 is 0 Å². The van der Waals surface area contributed by atoms with E-state index in [2.05, 4.69) is 33.5 Å². The normalized spacial score (nSPS) is 13.5. The summed E-state index contributed by atoms with van der Waals surface area (Å²) in [4.78, 5) is 11.5. The highest BCUT2D eigenvalue weighted by molar-refractivity contribution is 6.69. The highest BCUT2D eigenvalue weighted by atomic mass is 28.4. The van der Waals surface area contributed by atoms with Gasteiger partial charge in [0.1, 0.15) is 0 Å². The molecule has 0 rings (SSSR count). The molecule has 4 heteroatoms. The summed E-state index contributed by atoms with van der Waals surface area (Å²) in [6, 6.07) is 0. The van der Waals surface area contributed by atoms with Crippen LogP contribution in [0.2, 0.25) is 19.6 Å². The molecule has 0 aromatic rings. The Bertz CT molecular complexity index is 272. The molecule has 0 saturated heterocycles. The zero-order chi connectivity index (χ0) is 16.3. The summed E-state index contributed by atoms with van der Waals surface area (Å²) >= 11 is 0. The quantitative estimate of drug-likeness (QED) is 0.283. The second-order valence-corrected chi connectivity index (χ2v) is 11.8. The van der Waals surface area contributed by atoms with Gasteiger partial charge in [-0.2, -0.15) is 0 Å². The summed E-state index contributed by atoms with van der Waals surface area (Å²) < 4.78 is 10.9. The molecule has 3 nitrogen and oxygen atoms in total. The van der Waals surface area contributed by atoms with Gasteiger partial charge in [-0.3, -0.25) is 4.79 Å². The van der Waals surface area contributed by atoms with Crippen molar-refractivity contribution in [3.8, 4) is 0 Å². The molecule has 0 bridgehead atoms. The molecular formula is C17H36O3Si. The van der Waals surface area contributed by atoms with E-state index in [4.69, 9.17) is 9.16 Å². The number of unbranched alkanes of at least 4 members (excludes halogenated alkanes) is 4. The van der Waals surface area contributed by atoms with Crippen molar-refractivity contribution in [1.82, 2.24) is 0 Å². The fourth-order valence-corrected chi connectivity index (χ4v) is 3.63. The Morgan fingerprint density at radius 2 is 1.48 bits per heavy atom. The highest BCUT2D eigenvalue weighted by Gasteiger charge is 2.23. The molecule has 0 aliphatic heterocycles. The second kappa shape index (κ2) is 11.2. The number of esters is 1. The number of hydrogen-bond donors (Lipinski definition) is 0. The monoisotopic (exact) mass is 316 g/mol. The van der Waals surface area contributed by atoms with Crippen LogP contribution in [-0.2, 0) is 14.0 Å². The number of rotatable bonds is 12. The van der Waals surface area contributed by atoms with E-state index in [0.717, 1.165) is 18.8 Å². The molecule has 0 saturated carbocycles. The van der Waals surface area contributed by atoms with Crippen LogP contribution in [0.15, 0.2) is 0 Å². The van der Waals surface area contributed by atoms with E-state index in [9.17, 15) is 4.79 Å². The Kier molecular flexibility index (Phi) is 11.1. The lowest BCUT2D eigenvalue weighted by molar-refractivity contribution is -0.142. The smallest absolute Gasteiger partial charge is 0.308 e. The largest absolute Gasteiger partial charge is 0.469 e. The van der Waals surface area contributed by atoms with Crippen LogP contribution in [0.5, 0.6) is 0 Å². The summed E-state index contributed by atoms with van der Waals surface area (Å²) in [5, 5.41) is 0. The summed E-state index contributed by atoms with van der Waals surface area (Å²) in [5.41, 5.74) is 0. The summed E-state index contributed by atoms with van der Waals surface area (Å²) in [6.45, 7) is 11.1. The fraction of sp³-hybridized carbons (Fsp3) is 0.941. The van der Waals surface area contributed by atoms with Crippen LogP contribution in [-0.4, -0.2) is 27.5 Å². The number of hydrogen-bond acceptors (Lipinski definition) is 3. The van der Waals surface area contributed by atoms with Crippen LogP contribution >= 0.6 is 0 Å². The lowest BCUT2D eigenvalue weighted by Crippen LogP contribution is -2.33. The zero-order valence-corrected chi connectivity index (χ0v) is 16.0. The molecule has 0 aliphatic rings. The molecule has 1 atom stereocenters. The molecule has 0 radical (unpaired) electrons. The van der Waals surface area contributed by atoms with Gasteiger partial charge in [0.15, 0.2) is 8.32 Å². The standard InChI is InChI=1S/C17H36O3Si/c1-15(2)12-10-8-7-9-11-13-16(14-17(18)19-3)20-21(4,5)6/h15-16H,7-14H2,1-6H3. The fourth-order valence-electron chi connectivity index (χ4n) is 2.43. The van der Waals surface area contributed by atoms with Crippen LogP contribution in [0.3, 0.4) is 0 Å². The van der Waals surface area contributed by atoms with Crippen LogP contribution in [0.4, 0.5) is 0 Å². The molecule has 0 N–H and O–H groups in total. The van der Waals surface area contributed by atoms with Crippen molar-refractivity contribution in [2.75, 3.05) is 7.11 Å². The van der Waals surface area contributed by atoms with Gasteiger partial charge in [-0.05, 0) is 32.0 Å². The van der Waals surface area contributed by atoms with E-state index in [1.807, 2.05) is 0 Å². The average Bonchev–Trinajstić information content (AvgIpc) is 2.35. The Balaban J connectivity index is 3.87. The van der Waals surface area contributed by atoms with Gasteiger partial charge >= 0.3 is 5.97 Å². The highest BCUT2D eigenvalue weighted by Crippen LogP contribution is 2.18. The minimum absolute atomic E-state index is 0.0415. The third kappa shape index (κ3) is 14.4. The lowest BCUT2D eigenvalue weighted by Gasteiger charge is -2.25. The van der Waals surface area contributed by atoms with E-state index in [1.165, 1.54) is 39.2 Å². The van der Waals surface area contributed by atoms with Gasteiger partial charge < -0.3 is 9.16 Å². The molecule has 0 aliphatic carbocycles. The Morgan fingerprint density at radius 3 is 1.95 bits per heavy atom. The van der Waals surface area contributed by atoms with Crippen LogP contribution < -0.4 is 0 Å². The van der Waals surface area contributed by atoms with Crippen LogP contribution in [0.25, 0.3) is 0 Å². The minimum Gasteiger partial charge on any atom is -0.469 e. The van der Waals surface area contributed by atoms with E-state index in [1.54, 1.807) is 0 Å². The lowest BCUT2D eigenvalue weighted by atomic mass is 10.0. The van der Waals surface area contributed by atoms with E-state index < -0.39 is 8.32 Å². The molecule has 0 fully saturated rings. The van der Waals surface area contributed by atoms with Crippen molar-refractivity contribution in [3.63, 3.8) is 0 Å². The number of ether oxygens (including phenoxy) is 1. The molecule has 0 amide bonds. The van der Waals surface area contributed by atoms with Gasteiger partial charge in [0.25, 0.3) is 0 Å². The van der Waals surface area contributed by atoms with E-state index in [-0.39, 0.29) is 12.1 Å². The first-order chi connectivity index (χ1) is 9.74. The molecule has 0 aromatic heterocycles. The summed E-state index contributed by atoms with van der Waals surface area (Å²) in [7, 11) is -0.154. The second-order valence-electron chi connectivity index (χ2n) is 7.37. The zero-order valence-electron chi connectivity index (χ0n) is 15.0. The Hall–Kier alpha value is -0.353. The van der Waals surface area contributed by atoms with Crippen molar-refractivity contribution < 1.29 is 14.0 Å². The Labute approximate surface area is 132 Å². The molecule has 0 aromatic carbocycles. The van der Waals surface area contributed by atoms with Gasteiger partial charge in [-0.1, -0.05) is 52.4 Å². The van der Waals surface area contributed by atoms with Crippen molar-refractivity contribution in [2.45, 2.75) is 91.0 Å². The van der Waals surface area contributed by atoms with Crippen molar-refractivity contribution in [2.24, 2.45) is 5.92 Å². The van der Waals surface area contributed by atoms with Gasteiger partial charge in [0, 0.05) is 0 Å². The summed E-state index contributed by atoms with van der Waals surface area (Å²) in [5.74, 6) is 0.662. The summed E-state index contributed by atoms with van der Waals surface area (Å²) in [6.07, 6.45) is 9.10. The number of carbonyl (C=O) groups is 1. The average molecular weight is 317 g/mol. The first-order valence-electron chi connectivity index (χ1n) is 8.49. The van der Waals surface area contributed by atoms with Crippen LogP contribution in [0, 0.1) is 5.92 Å². The molecule has 0 heterocycles. The molecule has 126 valence electrons. The molecule has 21 heavy (non-hydrogen) atoms. The first-order valence-corrected chi connectivity index (χ1v) is 11.9. The predicted molar refractivity (Wildman–Crippen MR) is 92.0 cm³/mol. The predicted octanol–water partition coefficient (Wildman–Crippen LogP) is 5.16. The van der Waals surface area contributed by atoms with Gasteiger partial charge in [0.2, 0.25) is 0 Å². The maximum Gasteiger partial charge on any atom is 0.308 e. The van der Waals surface area contributed by atoms with E-state index in [0.29, 0.717) is 6.42 Å². The minimum atomic E-state index is -1.60. The molecular weight excluding hydrogens is 280 g/mol. The molecule has 0 spiro atoms. The maximum atomic E-state index is 11.5. The third-order valence-corrected chi connectivity index (χ3v) is 4.49. The molecule has 1 unspecified atom stereocenters. The maximum absolute atomic E-state index is 11.5. The topological polar surface area (TPSA) is 35.5 Å². The number of carbonyl (C=O) groups excluding carboxylic acids is 1. The van der Waals surface area contributed by atoms with Gasteiger partial charge in [-0.15, -0.1) is 0 Å². The number of methoxy groups -OCH3 is 1. The van der Waals surface area contributed by atoms with Crippen molar-refractivity contribution >= 4 is 14.3 Å².